The molecule has 1 aromatic carbocycles. The molecular formula is C36H53N5O2S. The maximum Gasteiger partial charge on any atom is 0.314 e. The van der Waals surface area contributed by atoms with Crippen LogP contribution in [0.2, 0.25) is 0 Å². The number of urea groups is 1. The van der Waals surface area contributed by atoms with Crippen LogP contribution in [0.5, 0.6) is 0 Å². The van der Waals surface area contributed by atoms with E-state index < -0.39 is 5.41 Å². The van der Waals surface area contributed by atoms with Gasteiger partial charge >= 0.3 is 6.03 Å². The van der Waals surface area contributed by atoms with Gasteiger partial charge in [-0.25, -0.2) is 4.79 Å². The number of amides is 3. The summed E-state index contributed by atoms with van der Waals surface area (Å²) in [6.45, 7) is 16.6. The highest BCUT2D eigenvalue weighted by Crippen LogP contribution is 2.52. The largest absolute Gasteiger partial charge is 0.369 e. The highest BCUT2D eigenvalue weighted by atomic mass is 32.1. The second-order valence-electron chi connectivity index (χ2n) is 14.9. The van der Waals surface area contributed by atoms with E-state index >= 15 is 0 Å². The first-order valence-corrected chi connectivity index (χ1v) is 17.9. The molecule has 4 aliphatic heterocycles. The zero-order valence-electron chi connectivity index (χ0n) is 27.7. The molecule has 1 aromatic heterocycles. The molecule has 3 fully saturated rings. The Morgan fingerprint density at radius 2 is 1.61 bits per heavy atom. The van der Waals surface area contributed by atoms with Crippen LogP contribution in [0.3, 0.4) is 0 Å². The summed E-state index contributed by atoms with van der Waals surface area (Å²) >= 11 is 1.81. The predicted octanol–water partition coefficient (Wildman–Crippen LogP) is 6.86. The number of anilines is 1. The number of carbonyl (C=O) groups is 2. The molecule has 2 bridgehead atoms. The number of piperidine rings is 1. The van der Waals surface area contributed by atoms with Gasteiger partial charge in [-0.3, -0.25) is 4.79 Å². The lowest BCUT2D eigenvalue weighted by Gasteiger charge is -2.33. The van der Waals surface area contributed by atoms with Crippen LogP contribution >= 0.6 is 11.3 Å². The predicted molar refractivity (Wildman–Crippen MR) is 181 cm³/mol. The molecule has 5 heterocycles. The van der Waals surface area contributed by atoms with Crippen LogP contribution < -0.4 is 16.0 Å². The average Bonchev–Trinajstić information content (AvgIpc) is 3.75. The quantitative estimate of drug-likeness (QED) is 0.287. The minimum atomic E-state index is -0.510. The van der Waals surface area contributed by atoms with Crippen molar-refractivity contribution in [2.45, 2.75) is 122 Å². The number of thiophene rings is 1. The Balaban J connectivity index is 1.15. The molecule has 7 nitrogen and oxygen atoms in total. The first-order chi connectivity index (χ1) is 21.0. The number of benzene rings is 1. The number of nitrogens with one attached hydrogen (secondary N) is 3. The Kier molecular flexibility index (Phi) is 9.04. The van der Waals surface area contributed by atoms with Crippen LogP contribution in [0.15, 0.2) is 24.3 Å². The van der Waals surface area contributed by atoms with Crippen molar-refractivity contribution in [2.24, 2.45) is 5.92 Å². The van der Waals surface area contributed by atoms with Crippen LogP contribution in [-0.4, -0.2) is 66.0 Å². The molecule has 3 amide bonds. The van der Waals surface area contributed by atoms with E-state index in [-0.39, 0.29) is 18.1 Å². The summed E-state index contributed by atoms with van der Waals surface area (Å²) in [5.41, 5.74) is 4.87. The Hall–Kier alpha value is -2.58. The van der Waals surface area contributed by atoms with Gasteiger partial charge in [0.25, 0.3) is 0 Å². The topological polar surface area (TPSA) is 76.7 Å². The van der Waals surface area contributed by atoms with Crippen LogP contribution in [-0.2, 0) is 10.2 Å². The van der Waals surface area contributed by atoms with E-state index in [1.54, 1.807) is 0 Å². The fourth-order valence-electron chi connectivity index (χ4n) is 8.31. The summed E-state index contributed by atoms with van der Waals surface area (Å²) in [5.74, 6) is 1.23. The second-order valence-corrected chi connectivity index (χ2v) is 16.0. The molecule has 0 aliphatic carbocycles. The Morgan fingerprint density at radius 3 is 2.23 bits per heavy atom. The number of fused-ring (bicyclic) bond motifs is 3. The molecule has 2 aromatic rings. The molecule has 8 heteroatoms. The molecule has 3 N–H and O–H groups in total. The van der Waals surface area contributed by atoms with Gasteiger partial charge in [-0.15, -0.1) is 11.3 Å². The third-order valence-electron chi connectivity index (χ3n) is 10.7. The molecule has 2 atom stereocenters. The Bertz CT molecular complexity index is 1320. The molecular weight excluding hydrogens is 566 g/mol. The Morgan fingerprint density at radius 1 is 0.977 bits per heavy atom. The maximum atomic E-state index is 14.0. The molecule has 0 saturated carbocycles. The number of likely N-dealkylation sites (tertiary alicyclic amines) is 1. The third kappa shape index (κ3) is 6.39. The van der Waals surface area contributed by atoms with E-state index in [4.69, 9.17) is 0 Å². The van der Waals surface area contributed by atoms with Crippen molar-refractivity contribution in [1.29, 1.82) is 0 Å². The van der Waals surface area contributed by atoms with Gasteiger partial charge in [-0.2, -0.15) is 0 Å². The number of hydrogen-bond donors (Lipinski definition) is 3. The van der Waals surface area contributed by atoms with Gasteiger partial charge in [-0.05, 0) is 129 Å². The molecule has 44 heavy (non-hydrogen) atoms. The molecule has 0 spiro atoms. The minimum Gasteiger partial charge on any atom is -0.369 e. The van der Waals surface area contributed by atoms with E-state index in [2.05, 4.69) is 77.7 Å². The summed E-state index contributed by atoms with van der Waals surface area (Å²) < 4.78 is 0. The lowest BCUT2D eigenvalue weighted by atomic mass is 9.84. The van der Waals surface area contributed by atoms with Gasteiger partial charge in [0.1, 0.15) is 0 Å². The van der Waals surface area contributed by atoms with Crippen molar-refractivity contribution in [3.63, 3.8) is 0 Å². The SMILES string of the molecule is Cc1cc(C)cc(C2Nc3sc(C(C)(C)C(=O)N4C5CCC4CC5)cc3C2CCN2CCC(CNC(=O)NC(C)C)CC2)c1. The summed E-state index contributed by atoms with van der Waals surface area (Å²) in [5, 5.41) is 11.2. The van der Waals surface area contributed by atoms with E-state index in [0.29, 0.717) is 29.8 Å². The highest BCUT2D eigenvalue weighted by Gasteiger charge is 2.48. The zero-order chi connectivity index (χ0) is 31.2. The van der Waals surface area contributed by atoms with E-state index in [0.717, 1.165) is 45.4 Å². The van der Waals surface area contributed by atoms with Crippen LogP contribution in [0.1, 0.15) is 112 Å². The molecule has 6 rings (SSSR count). The van der Waals surface area contributed by atoms with Gasteiger partial charge in [0.2, 0.25) is 5.91 Å². The van der Waals surface area contributed by atoms with Crippen LogP contribution in [0.25, 0.3) is 0 Å². The van der Waals surface area contributed by atoms with Gasteiger partial charge in [0.05, 0.1) is 16.5 Å². The van der Waals surface area contributed by atoms with Crippen molar-refractivity contribution in [2.75, 3.05) is 31.5 Å². The van der Waals surface area contributed by atoms with Crippen LogP contribution in [0.4, 0.5) is 9.80 Å². The van der Waals surface area contributed by atoms with Gasteiger partial charge in [0, 0.05) is 35.5 Å². The number of carbonyl (C=O) groups excluding carboxylic acids is 2. The summed E-state index contributed by atoms with van der Waals surface area (Å²) in [6, 6.07) is 10.6. The number of nitrogens with zero attached hydrogens (tertiary/aromatic N) is 2. The van der Waals surface area contributed by atoms with Gasteiger partial charge < -0.3 is 25.8 Å². The van der Waals surface area contributed by atoms with E-state index in [9.17, 15) is 9.59 Å². The number of hydrogen-bond acceptors (Lipinski definition) is 5. The Labute approximate surface area is 268 Å². The lowest BCUT2D eigenvalue weighted by Crippen LogP contribution is -2.45. The lowest BCUT2D eigenvalue weighted by molar-refractivity contribution is -0.137. The smallest absolute Gasteiger partial charge is 0.314 e. The first-order valence-electron chi connectivity index (χ1n) is 17.1. The van der Waals surface area contributed by atoms with Gasteiger partial charge in [-0.1, -0.05) is 29.3 Å². The molecule has 3 saturated heterocycles. The van der Waals surface area contributed by atoms with Crippen molar-refractivity contribution < 1.29 is 9.59 Å². The minimum absolute atomic E-state index is 0.0582. The molecule has 240 valence electrons. The van der Waals surface area contributed by atoms with Crippen molar-refractivity contribution in [3.05, 3.63) is 51.4 Å². The highest BCUT2D eigenvalue weighted by molar-refractivity contribution is 7.16. The molecule has 4 aliphatic rings. The standard InChI is InChI=1S/C36H53N5O2S/c1-22(2)38-35(43)37-21-25-11-14-40(15-12-25)16-13-29-30-20-31(36(5,6)34(42)41-27-7-8-28(41)10-9-27)44-33(30)39-32(29)26-18-23(3)17-24(4)19-26/h17-20,22,25,27-29,32,39H,7-16,21H2,1-6H3,(H2,37,38,43). The van der Waals surface area contributed by atoms with E-state index in [1.807, 2.05) is 25.2 Å². The maximum absolute atomic E-state index is 14.0. The molecule has 2 unspecified atom stereocenters. The monoisotopic (exact) mass is 619 g/mol. The summed E-state index contributed by atoms with van der Waals surface area (Å²) in [7, 11) is 0. The fourth-order valence-corrected chi connectivity index (χ4v) is 9.57. The summed E-state index contributed by atoms with van der Waals surface area (Å²) in [4.78, 5) is 32.1. The summed E-state index contributed by atoms with van der Waals surface area (Å²) in [6.07, 6.45) is 8.03. The van der Waals surface area contributed by atoms with Crippen molar-refractivity contribution >= 4 is 28.3 Å². The van der Waals surface area contributed by atoms with Crippen molar-refractivity contribution in [1.82, 2.24) is 20.4 Å². The van der Waals surface area contributed by atoms with Crippen LogP contribution in [0, 0.1) is 19.8 Å². The van der Waals surface area contributed by atoms with Gasteiger partial charge in [0.15, 0.2) is 0 Å². The third-order valence-corrected chi connectivity index (χ3v) is 12.1. The van der Waals surface area contributed by atoms with E-state index in [1.165, 1.54) is 57.8 Å². The first kappa shape index (κ1) is 31.4. The van der Waals surface area contributed by atoms with Crippen molar-refractivity contribution in [3.8, 4) is 0 Å². The normalized spacial score (nSPS) is 25.4. The number of rotatable bonds is 9. The fraction of sp³-hybridized carbons (Fsp3) is 0.667. The number of aryl methyl sites for hydroxylation is 2. The second kappa shape index (κ2) is 12.7. The molecule has 0 radical (unpaired) electrons. The average molecular weight is 620 g/mol. The zero-order valence-corrected chi connectivity index (χ0v) is 28.5.